The molecular formula is C21H23N7O3. The summed E-state index contributed by atoms with van der Waals surface area (Å²) in [5.74, 6) is -1.02. The largest absolute Gasteiger partial charge is 0.492 e. The summed E-state index contributed by atoms with van der Waals surface area (Å²) in [6.07, 6.45) is 3.04. The number of fused-ring (bicyclic) bond motifs is 1. The van der Waals surface area contributed by atoms with Crippen molar-refractivity contribution in [2.75, 3.05) is 5.73 Å². The van der Waals surface area contributed by atoms with Gasteiger partial charge in [0.1, 0.15) is 17.5 Å². The molecule has 0 aromatic carbocycles. The first-order chi connectivity index (χ1) is 14.6. The monoisotopic (exact) mass is 421 g/mol. The van der Waals surface area contributed by atoms with Crippen LogP contribution in [0.5, 0.6) is 5.88 Å². The van der Waals surface area contributed by atoms with E-state index in [-0.39, 0.29) is 29.4 Å². The molecule has 3 aromatic rings. The summed E-state index contributed by atoms with van der Waals surface area (Å²) in [4.78, 5) is 30.0. The van der Waals surface area contributed by atoms with E-state index in [0.29, 0.717) is 22.5 Å². The van der Waals surface area contributed by atoms with Crippen LogP contribution in [-0.2, 0) is 6.54 Å². The third-order valence-electron chi connectivity index (χ3n) is 4.95. The van der Waals surface area contributed by atoms with Crippen molar-refractivity contribution in [1.29, 1.82) is 5.26 Å². The fourth-order valence-electron chi connectivity index (χ4n) is 3.34. The minimum Gasteiger partial charge on any atom is -0.492 e. The van der Waals surface area contributed by atoms with Crippen LogP contribution >= 0.6 is 0 Å². The van der Waals surface area contributed by atoms with Gasteiger partial charge in [0.05, 0.1) is 11.3 Å². The number of nitrogens with one attached hydrogen (secondary N) is 1. The Morgan fingerprint density at radius 2 is 2.10 bits per heavy atom. The first-order valence-corrected chi connectivity index (χ1v) is 9.91. The van der Waals surface area contributed by atoms with Gasteiger partial charge in [-0.15, -0.1) is 0 Å². The Morgan fingerprint density at radius 1 is 1.39 bits per heavy atom. The van der Waals surface area contributed by atoms with Gasteiger partial charge >= 0.3 is 0 Å². The first kappa shape index (κ1) is 20.4. The highest BCUT2D eigenvalue weighted by Crippen LogP contribution is 2.29. The molecule has 0 spiro atoms. The lowest BCUT2D eigenvalue weighted by molar-refractivity contribution is 0.0944. The fraction of sp³-hybridized carbons (Fsp3) is 0.381. The van der Waals surface area contributed by atoms with E-state index in [0.717, 1.165) is 17.4 Å². The first-order valence-electron chi connectivity index (χ1n) is 9.91. The number of amides is 1. The lowest BCUT2D eigenvalue weighted by Gasteiger charge is -2.21. The Hall–Kier alpha value is -3.87. The number of nitrogens with two attached hydrogens (primary N) is 1. The van der Waals surface area contributed by atoms with Crippen LogP contribution in [0.15, 0.2) is 23.1 Å². The zero-order valence-corrected chi connectivity index (χ0v) is 17.5. The maximum atomic E-state index is 13.3. The molecule has 10 nitrogen and oxygen atoms in total. The highest BCUT2D eigenvalue weighted by atomic mass is 16.3. The van der Waals surface area contributed by atoms with E-state index in [4.69, 9.17) is 5.73 Å². The number of carbonyl (C=O) groups is 1. The van der Waals surface area contributed by atoms with Gasteiger partial charge in [-0.1, -0.05) is 20.8 Å². The van der Waals surface area contributed by atoms with Crippen molar-refractivity contribution in [2.45, 2.75) is 46.2 Å². The number of anilines is 1. The van der Waals surface area contributed by atoms with E-state index in [9.17, 15) is 20.0 Å². The number of pyridine rings is 1. The normalized spacial score (nSPS) is 13.9. The van der Waals surface area contributed by atoms with Gasteiger partial charge in [0, 0.05) is 30.4 Å². The van der Waals surface area contributed by atoms with Gasteiger partial charge in [0.2, 0.25) is 5.88 Å². The molecule has 0 bridgehead atoms. The molecule has 0 radical (unpaired) electrons. The molecule has 0 atom stereocenters. The van der Waals surface area contributed by atoms with Crippen molar-refractivity contribution in [3.63, 3.8) is 0 Å². The molecule has 0 unspecified atom stereocenters. The number of hydrogen-bond donors (Lipinski definition) is 3. The highest BCUT2D eigenvalue weighted by Gasteiger charge is 2.30. The Balaban J connectivity index is 1.97. The molecule has 1 aliphatic rings. The number of aromatic hydroxyl groups is 1. The lowest BCUT2D eigenvalue weighted by Crippen LogP contribution is -2.37. The Labute approximate surface area is 177 Å². The molecule has 10 heteroatoms. The SMILES string of the molecule is CC(C)(C)Cn1c(=O)c(C(=O)NC2CC2)c(O)n2nc(-c3cc(C#N)cnc3N)cc12. The van der Waals surface area contributed by atoms with Crippen molar-refractivity contribution in [2.24, 2.45) is 5.41 Å². The van der Waals surface area contributed by atoms with Crippen LogP contribution in [0.4, 0.5) is 5.82 Å². The van der Waals surface area contributed by atoms with Crippen LogP contribution in [0.3, 0.4) is 0 Å². The maximum absolute atomic E-state index is 13.3. The van der Waals surface area contributed by atoms with E-state index in [2.05, 4.69) is 15.4 Å². The molecule has 0 saturated heterocycles. The van der Waals surface area contributed by atoms with Crippen LogP contribution < -0.4 is 16.6 Å². The topological polar surface area (TPSA) is 151 Å². The van der Waals surface area contributed by atoms with Gasteiger partial charge in [-0.05, 0) is 24.3 Å². The van der Waals surface area contributed by atoms with Gasteiger partial charge in [-0.25, -0.2) is 4.98 Å². The second-order valence-corrected chi connectivity index (χ2v) is 8.97. The van der Waals surface area contributed by atoms with Crippen molar-refractivity contribution in [3.8, 4) is 23.2 Å². The minimum atomic E-state index is -0.626. The van der Waals surface area contributed by atoms with Crippen LogP contribution in [0.25, 0.3) is 16.9 Å². The lowest BCUT2D eigenvalue weighted by atomic mass is 9.97. The summed E-state index contributed by atoms with van der Waals surface area (Å²) in [6, 6.07) is 5.14. The van der Waals surface area contributed by atoms with Crippen molar-refractivity contribution >= 4 is 17.4 Å². The molecule has 31 heavy (non-hydrogen) atoms. The van der Waals surface area contributed by atoms with Gasteiger partial charge in [-0.3, -0.25) is 14.2 Å². The number of carbonyl (C=O) groups excluding carboxylic acids is 1. The zero-order chi connectivity index (χ0) is 22.5. The Kier molecular flexibility index (Phi) is 4.69. The van der Waals surface area contributed by atoms with E-state index in [1.807, 2.05) is 26.8 Å². The summed E-state index contributed by atoms with van der Waals surface area (Å²) in [7, 11) is 0. The van der Waals surface area contributed by atoms with Gasteiger partial charge in [-0.2, -0.15) is 14.9 Å². The highest BCUT2D eigenvalue weighted by molar-refractivity contribution is 5.96. The molecule has 1 amide bonds. The van der Waals surface area contributed by atoms with Crippen LogP contribution in [0, 0.1) is 16.7 Å². The molecule has 4 rings (SSSR count). The molecule has 4 N–H and O–H groups in total. The average Bonchev–Trinajstić information content (AvgIpc) is 3.39. The maximum Gasteiger partial charge on any atom is 0.270 e. The Morgan fingerprint density at radius 3 is 2.71 bits per heavy atom. The smallest absolute Gasteiger partial charge is 0.270 e. The fourth-order valence-corrected chi connectivity index (χ4v) is 3.34. The molecule has 3 heterocycles. The third-order valence-corrected chi connectivity index (χ3v) is 4.95. The molecule has 1 saturated carbocycles. The summed E-state index contributed by atoms with van der Waals surface area (Å²) in [5, 5.41) is 27.1. The molecule has 160 valence electrons. The second kappa shape index (κ2) is 7.12. The van der Waals surface area contributed by atoms with E-state index < -0.39 is 17.3 Å². The summed E-state index contributed by atoms with van der Waals surface area (Å²) in [5.41, 5.74) is 6.04. The summed E-state index contributed by atoms with van der Waals surface area (Å²) >= 11 is 0. The molecule has 0 aliphatic heterocycles. The number of hydrogen-bond acceptors (Lipinski definition) is 7. The number of rotatable bonds is 4. The summed E-state index contributed by atoms with van der Waals surface area (Å²) in [6.45, 7) is 6.17. The summed E-state index contributed by atoms with van der Waals surface area (Å²) < 4.78 is 2.58. The minimum absolute atomic E-state index is 0.0193. The quantitative estimate of drug-likeness (QED) is 0.579. The molecule has 3 aromatic heterocycles. The van der Waals surface area contributed by atoms with Crippen LogP contribution in [-0.4, -0.2) is 36.2 Å². The van der Waals surface area contributed by atoms with Crippen molar-refractivity contribution in [1.82, 2.24) is 24.5 Å². The average molecular weight is 421 g/mol. The molecule has 1 fully saturated rings. The third kappa shape index (κ3) is 3.82. The zero-order valence-electron chi connectivity index (χ0n) is 17.5. The number of nitriles is 1. The predicted molar refractivity (Wildman–Crippen MR) is 113 cm³/mol. The van der Waals surface area contributed by atoms with Gasteiger partial charge in [0.15, 0.2) is 5.56 Å². The Bertz CT molecular complexity index is 1300. The number of aromatic nitrogens is 4. The van der Waals surface area contributed by atoms with E-state index >= 15 is 0 Å². The van der Waals surface area contributed by atoms with Gasteiger partial charge < -0.3 is 16.2 Å². The number of nitrogen functional groups attached to an aromatic ring is 1. The van der Waals surface area contributed by atoms with Crippen molar-refractivity contribution in [3.05, 3.63) is 39.8 Å². The number of nitrogens with zero attached hydrogens (tertiary/aromatic N) is 5. The van der Waals surface area contributed by atoms with Crippen molar-refractivity contribution < 1.29 is 9.90 Å². The van der Waals surface area contributed by atoms with Crippen LogP contribution in [0.1, 0.15) is 49.5 Å². The van der Waals surface area contributed by atoms with E-state index in [1.54, 1.807) is 6.07 Å². The predicted octanol–water partition coefficient (Wildman–Crippen LogP) is 1.66. The van der Waals surface area contributed by atoms with Crippen LogP contribution in [0.2, 0.25) is 0 Å². The molecular weight excluding hydrogens is 398 g/mol. The standard InChI is InChI=1S/C21H23N7O3/c1-21(2,3)10-27-15-7-14(13-6-11(8-22)9-24-17(13)23)26-28(15)20(31)16(19(27)30)18(29)25-12-4-5-12/h6-7,9,12,31H,4-5,10H2,1-3H3,(H2,23,24)(H,25,29). The molecule has 1 aliphatic carbocycles. The van der Waals surface area contributed by atoms with Gasteiger partial charge in [0.25, 0.3) is 11.5 Å². The van der Waals surface area contributed by atoms with E-state index in [1.165, 1.54) is 16.8 Å². The second-order valence-electron chi connectivity index (χ2n) is 8.97.